The van der Waals surface area contributed by atoms with Crippen molar-refractivity contribution in [3.63, 3.8) is 0 Å². The van der Waals surface area contributed by atoms with E-state index in [9.17, 15) is 9.90 Å². The van der Waals surface area contributed by atoms with E-state index in [0.29, 0.717) is 18.7 Å². The standard InChI is InChI=1S/C24H30N2O2/c1-23(2)16-26(17-24(23,3)28)22(27)20-10-8-18(9-11-20)14-25-13-12-19-6-4-5-7-21(19)15-25/h4-11,28H,12-17H2,1-3H3/t24-/m1/s1. The van der Waals surface area contributed by atoms with Crippen molar-refractivity contribution in [2.75, 3.05) is 19.6 Å². The lowest BCUT2D eigenvalue weighted by Gasteiger charge is -2.30. The Morgan fingerprint density at radius 1 is 1.00 bits per heavy atom. The van der Waals surface area contributed by atoms with E-state index >= 15 is 0 Å². The molecule has 0 aliphatic carbocycles. The van der Waals surface area contributed by atoms with Crippen LogP contribution < -0.4 is 0 Å². The fourth-order valence-corrected chi connectivity index (χ4v) is 4.32. The van der Waals surface area contributed by atoms with Gasteiger partial charge in [0, 0.05) is 37.2 Å². The molecule has 0 aromatic heterocycles. The smallest absolute Gasteiger partial charge is 0.253 e. The second-order valence-electron chi connectivity index (χ2n) is 9.25. The first-order valence-corrected chi connectivity index (χ1v) is 10.1. The molecular weight excluding hydrogens is 348 g/mol. The SMILES string of the molecule is CC1(C)CN(C(=O)c2ccc(CN3CCc4ccccc4C3)cc2)C[C@@]1(C)O. The van der Waals surface area contributed by atoms with Crippen molar-refractivity contribution in [2.45, 2.75) is 45.9 Å². The molecule has 2 aromatic carbocycles. The van der Waals surface area contributed by atoms with Gasteiger partial charge in [-0.25, -0.2) is 0 Å². The maximum absolute atomic E-state index is 12.9. The van der Waals surface area contributed by atoms with E-state index in [1.54, 1.807) is 4.90 Å². The molecule has 2 aliphatic rings. The molecule has 148 valence electrons. The minimum Gasteiger partial charge on any atom is -0.388 e. The van der Waals surface area contributed by atoms with Crippen LogP contribution in [-0.4, -0.2) is 46.0 Å². The van der Waals surface area contributed by atoms with Crippen molar-refractivity contribution >= 4 is 5.91 Å². The lowest BCUT2D eigenvalue weighted by atomic mass is 9.79. The lowest BCUT2D eigenvalue weighted by molar-refractivity contribution is -0.0108. The van der Waals surface area contributed by atoms with Gasteiger partial charge in [0.25, 0.3) is 5.91 Å². The summed E-state index contributed by atoms with van der Waals surface area (Å²) in [4.78, 5) is 17.1. The van der Waals surface area contributed by atoms with Crippen molar-refractivity contribution in [2.24, 2.45) is 5.41 Å². The number of amides is 1. The summed E-state index contributed by atoms with van der Waals surface area (Å²) in [7, 11) is 0. The molecule has 0 radical (unpaired) electrons. The molecule has 1 amide bonds. The maximum atomic E-state index is 12.9. The first kappa shape index (κ1) is 19.2. The fourth-order valence-electron chi connectivity index (χ4n) is 4.32. The Labute approximate surface area is 167 Å². The molecule has 0 saturated carbocycles. The molecule has 1 atom stereocenters. The third-order valence-corrected chi connectivity index (χ3v) is 6.65. The highest BCUT2D eigenvalue weighted by Crippen LogP contribution is 2.38. The molecule has 4 rings (SSSR count). The van der Waals surface area contributed by atoms with E-state index in [2.05, 4.69) is 41.3 Å². The van der Waals surface area contributed by atoms with Gasteiger partial charge >= 0.3 is 0 Å². The van der Waals surface area contributed by atoms with Gasteiger partial charge in [-0.05, 0) is 42.2 Å². The summed E-state index contributed by atoms with van der Waals surface area (Å²) in [5.41, 5.74) is 3.65. The molecule has 1 fully saturated rings. The van der Waals surface area contributed by atoms with E-state index in [1.807, 2.05) is 32.9 Å². The molecule has 1 N–H and O–H groups in total. The van der Waals surface area contributed by atoms with Crippen LogP contribution in [0.1, 0.15) is 47.8 Å². The number of aliphatic hydroxyl groups is 1. The first-order chi connectivity index (χ1) is 13.2. The second-order valence-corrected chi connectivity index (χ2v) is 9.25. The van der Waals surface area contributed by atoms with E-state index in [0.717, 1.165) is 26.1 Å². The lowest BCUT2D eigenvalue weighted by Crippen LogP contribution is -2.40. The third kappa shape index (κ3) is 3.59. The summed E-state index contributed by atoms with van der Waals surface area (Å²) in [6, 6.07) is 16.6. The van der Waals surface area contributed by atoms with Gasteiger partial charge in [-0.2, -0.15) is 0 Å². The predicted molar refractivity (Wildman–Crippen MR) is 111 cm³/mol. The average molecular weight is 379 g/mol. The van der Waals surface area contributed by atoms with Crippen LogP contribution in [0.2, 0.25) is 0 Å². The Kier molecular flexibility index (Phi) is 4.80. The van der Waals surface area contributed by atoms with Crippen LogP contribution in [0.15, 0.2) is 48.5 Å². The zero-order valence-electron chi connectivity index (χ0n) is 17.1. The summed E-state index contributed by atoms with van der Waals surface area (Å²) < 4.78 is 0. The Morgan fingerprint density at radius 2 is 1.68 bits per heavy atom. The monoisotopic (exact) mass is 378 g/mol. The van der Waals surface area contributed by atoms with E-state index in [1.165, 1.54) is 16.7 Å². The molecule has 2 heterocycles. The molecule has 2 aliphatic heterocycles. The van der Waals surface area contributed by atoms with E-state index in [-0.39, 0.29) is 11.3 Å². The number of carbonyl (C=O) groups is 1. The van der Waals surface area contributed by atoms with Gasteiger partial charge in [-0.3, -0.25) is 9.69 Å². The Hall–Kier alpha value is -2.17. The second kappa shape index (κ2) is 7.02. The van der Waals surface area contributed by atoms with Crippen molar-refractivity contribution in [3.8, 4) is 0 Å². The Morgan fingerprint density at radius 3 is 2.32 bits per heavy atom. The van der Waals surface area contributed by atoms with Crippen LogP contribution in [0, 0.1) is 5.41 Å². The van der Waals surface area contributed by atoms with Crippen LogP contribution >= 0.6 is 0 Å². The number of hydrogen-bond acceptors (Lipinski definition) is 3. The molecule has 4 heteroatoms. The van der Waals surface area contributed by atoms with Gasteiger partial charge in [0.05, 0.1) is 12.1 Å². The zero-order valence-corrected chi connectivity index (χ0v) is 17.1. The number of carbonyl (C=O) groups excluding carboxylic acids is 1. The molecule has 4 nitrogen and oxygen atoms in total. The minimum atomic E-state index is -0.854. The molecule has 28 heavy (non-hydrogen) atoms. The number of fused-ring (bicyclic) bond motifs is 1. The Bertz CT molecular complexity index is 854. The van der Waals surface area contributed by atoms with Crippen LogP contribution in [0.5, 0.6) is 0 Å². The molecular formula is C24H30N2O2. The number of benzene rings is 2. The normalized spacial score (nSPS) is 24.2. The predicted octanol–water partition coefficient (Wildman–Crippen LogP) is 3.48. The third-order valence-electron chi connectivity index (χ3n) is 6.65. The van der Waals surface area contributed by atoms with Crippen molar-refractivity contribution in [3.05, 3.63) is 70.8 Å². The number of β-amino-alcohol motifs (C(OH)–C–C–N with tert-alkyl or cyclic N) is 1. The molecule has 0 unspecified atom stereocenters. The maximum Gasteiger partial charge on any atom is 0.253 e. The van der Waals surface area contributed by atoms with Gasteiger partial charge in [-0.1, -0.05) is 50.2 Å². The topological polar surface area (TPSA) is 43.8 Å². The van der Waals surface area contributed by atoms with Gasteiger partial charge in [0.2, 0.25) is 0 Å². The highest BCUT2D eigenvalue weighted by Gasteiger charge is 2.49. The molecule has 1 saturated heterocycles. The number of likely N-dealkylation sites (tertiary alicyclic amines) is 1. The Balaban J connectivity index is 1.40. The summed E-state index contributed by atoms with van der Waals surface area (Å²) >= 11 is 0. The van der Waals surface area contributed by atoms with Gasteiger partial charge < -0.3 is 10.0 Å². The van der Waals surface area contributed by atoms with Gasteiger partial charge in [-0.15, -0.1) is 0 Å². The summed E-state index contributed by atoms with van der Waals surface area (Å²) in [5.74, 6) is 0.00398. The number of hydrogen-bond donors (Lipinski definition) is 1. The van der Waals surface area contributed by atoms with E-state index < -0.39 is 5.60 Å². The highest BCUT2D eigenvalue weighted by atomic mass is 16.3. The summed E-state index contributed by atoms with van der Waals surface area (Å²) in [5, 5.41) is 10.6. The first-order valence-electron chi connectivity index (χ1n) is 10.1. The van der Waals surface area contributed by atoms with Crippen LogP contribution in [0.25, 0.3) is 0 Å². The van der Waals surface area contributed by atoms with Crippen LogP contribution in [0.4, 0.5) is 0 Å². The number of rotatable bonds is 3. The minimum absolute atomic E-state index is 0.00398. The highest BCUT2D eigenvalue weighted by molar-refractivity contribution is 5.94. The molecule has 0 spiro atoms. The van der Waals surface area contributed by atoms with Crippen molar-refractivity contribution < 1.29 is 9.90 Å². The van der Waals surface area contributed by atoms with Gasteiger partial charge in [0.1, 0.15) is 0 Å². The quantitative estimate of drug-likeness (QED) is 0.889. The zero-order chi connectivity index (χ0) is 19.9. The average Bonchev–Trinajstić information content (AvgIpc) is 2.89. The van der Waals surface area contributed by atoms with Crippen LogP contribution in [0.3, 0.4) is 0 Å². The summed E-state index contributed by atoms with van der Waals surface area (Å²) in [6.07, 6.45) is 1.09. The number of nitrogens with zero attached hydrogens (tertiary/aromatic N) is 2. The fraction of sp³-hybridized carbons (Fsp3) is 0.458. The molecule has 0 bridgehead atoms. The molecule has 2 aromatic rings. The van der Waals surface area contributed by atoms with Crippen LogP contribution in [-0.2, 0) is 19.5 Å². The van der Waals surface area contributed by atoms with Crippen molar-refractivity contribution in [1.29, 1.82) is 0 Å². The van der Waals surface area contributed by atoms with E-state index in [4.69, 9.17) is 0 Å². The van der Waals surface area contributed by atoms with Crippen molar-refractivity contribution in [1.82, 2.24) is 9.80 Å². The van der Waals surface area contributed by atoms with Gasteiger partial charge in [0.15, 0.2) is 0 Å². The summed E-state index contributed by atoms with van der Waals surface area (Å²) in [6.45, 7) is 9.75. The largest absolute Gasteiger partial charge is 0.388 e.